The van der Waals surface area contributed by atoms with Gasteiger partial charge in [0.1, 0.15) is 6.61 Å². The summed E-state index contributed by atoms with van der Waals surface area (Å²) in [6, 6.07) is 7.13. The van der Waals surface area contributed by atoms with E-state index in [4.69, 9.17) is 16.3 Å². The maximum Gasteiger partial charge on any atom is 0.312 e. The average molecular weight is 210 g/mol. The molecule has 0 unspecified atom stereocenters. The maximum absolute atomic E-state index is 10.8. The number of aliphatic imine (C=N–C) groups is 1. The summed E-state index contributed by atoms with van der Waals surface area (Å²) in [5.74, 6) is -0.210. The highest BCUT2D eigenvalue weighted by molar-refractivity contribution is 6.30. The Hall–Kier alpha value is -1.35. The van der Waals surface area contributed by atoms with Crippen LogP contribution in [0, 0.1) is 0 Å². The fourth-order valence-electron chi connectivity index (χ4n) is 1.20. The Labute approximate surface area is 86.4 Å². The number of hydrogen-bond donors (Lipinski definition) is 0. The lowest BCUT2D eigenvalue weighted by molar-refractivity contribution is -0.137. The second kappa shape index (κ2) is 3.80. The molecule has 3 nitrogen and oxygen atoms in total. The van der Waals surface area contributed by atoms with Crippen molar-refractivity contribution in [3.8, 4) is 0 Å². The number of carbonyl (C=O) groups excluding carboxylic acids is 1. The molecule has 4 heteroatoms. The molecular weight excluding hydrogens is 202 g/mol. The molecule has 2 rings (SSSR count). The van der Waals surface area contributed by atoms with Gasteiger partial charge >= 0.3 is 5.97 Å². The number of rotatable bonds is 1. The third-order valence-corrected chi connectivity index (χ3v) is 2.11. The molecule has 0 atom stereocenters. The predicted molar refractivity (Wildman–Crippen MR) is 54.1 cm³/mol. The molecule has 0 saturated carbocycles. The molecule has 1 aliphatic rings. The minimum atomic E-state index is -0.210. The van der Waals surface area contributed by atoms with Gasteiger partial charge in [-0.2, -0.15) is 0 Å². The minimum Gasteiger partial charge on any atom is -0.459 e. The first kappa shape index (κ1) is 9.21. The molecule has 0 aromatic heterocycles. The highest BCUT2D eigenvalue weighted by atomic mass is 35.5. The Morgan fingerprint density at radius 2 is 2.00 bits per heavy atom. The summed E-state index contributed by atoms with van der Waals surface area (Å²) in [4.78, 5) is 15.0. The van der Waals surface area contributed by atoms with Gasteiger partial charge in [-0.05, 0) is 24.3 Å². The highest BCUT2D eigenvalue weighted by Crippen LogP contribution is 2.18. The Kier molecular flexibility index (Phi) is 2.50. The third-order valence-electron chi connectivity index (χ3n) is 1.86. The molecule has 1 heterocycles. The van der Waals surface area contributed by atoms with Crippen LogP contribution in [0.15, 0.2) is 29.3 Å². The van der Waals surface area contributed by atoms with E-state index >= 15 is 0 Å². The number of nitrogens with zero attached hydrogens (tertiary/aromatic N) is 1. The quantitative estimate of drug-likeness (QED) is 0.666. The van der Waals surface area contributed by atoms with Crippen molar-refractivity contribution in [2.75, 3.05) is 6.61 Å². The van der Waals surface area contributed by atoms with Gasteiger partial charge in [0, 0.05) is 5.02 Å². The van der Waals surface area contributed by atoms with Gasteiger partial charge in [-0.3, -0.25) is 9.79 Å². The number of halogens is 1. The first-order chi connectivity index (χ1) is 6.74. The molecule has 0 spiro atoms. The van der Waals surface area contributed by atoms with Crippen LogP contribution in [-0.4, -0.2) is 18.3 Å². The van der Waals surface area contributed by atoms with Crippen LogP contribution in [0.2, 0.25) is 5.02 Å². The van der Waals surface area contributed by atoms with E-state index < -0.39 is 0 Å². The zero-order valence-electron chi connectivity index (χ0n) is 7.37. The molecule has 1 aromatic carbocycles. The summed E-state index contributed by atoms with van der Waals surface area (Å²) < 4.78 is 4.77. The minimum absolute atomic E-state index is 0.210. The molecule has 1 fully saturated rings. The molecule has 0 N–H and O–H groups in total. The Morgan fingerprint density at radius 3 is 2.57 bits per heavy atom. The SMILES string of the molecule is O=C1CC(=Nc2ccc(Cl)cc2)CO1. The zero-order valence-corrected chi connectivity index (χ0v) is 8.12. The van der Waals surface area contributed by atoms with Crippen LogP contribution < -0.4 is 0 Å². The first-order valence-corrected chi connectivity index (χ1v) is 4.59. The standard InChI is InChI=1S/C10H8ClNO2/c11-7-1-3-8(4-2-7)12-9-5-10(13)14-6-9/h1-4H,5-6H2. The fraction of sp³-hybridized carbons (Fsp3) is 0.200. The van der Waals surface area contributed by atoms with Gasteiger partial charge in [0.2, 0.25) is 0 Å². The summed E-state index contributed by atoms with van der Waals surface area (Å²) >= 11 is 5.72. The number of benzene rings is 1. The Bertz CT molecular complexity index is 384. The molecule has 72 valence electrons. The lowest BCUT2D eigenvalue weighted by atomic mass is 10.3. The van der Waals surface area contributed by atoms with Gasteiger partial charge in [0.25, 0.3) is 0 Å². The summed E-state index contributed by atoms with van der Waals surface area (Å²) in [5, 5.41) is 0.674. The maximum atomic E-state index is 10.8. The van der Waals surface area contributed by atoms with Crippen LogP contribution in [0.1, 0.15) is 6.42 Å². The molecule has 0 aliphatic carbocycles. The Morgan fingerprint density at radius 1 is 1.29 bits per heavy atom. The third kappa shape index (κ3) is 2.12. The smallest absolute Gasteiger partial charge is 0.312 e. The van der Waals surface area contributed by atoms with Gasteiger partial charge in [-0.15, -0.1) is 0 Å². The summed E-state index contributed by atoms with van der Waals surface area (Å²) in [6.07, 6.45) is 0.294. The molecule has 14 heavy (non-hydrogen) atoms. The number of ether oxygens (including phenoxy) is 1. The second-order valence-electron chi connectivity index (χ2n) is 2.99. The summed E-state index contributed by atoms with van der Waals surface area (Å²) in [5.41, 5.74) is 1.56. The molecular formula is C10H8ClNO2. The van der Waals surface area contributed by atoms with E-state index in [1.54, 1.807) is 24.3 Å². The zero-order chi connectivity index (χ0) is 9.97. The van der Waals surface area contributed by atoms with Crippen molar-refractivity contribution < 1.29 is 9.53 Å². The van der Waals surface area contributed by atoms with Gasteiger partial charge in [0.05, 0.1) is 17.8 Å². The lowest BCUT2D eigenvalue weighted by Crippen LogP contribution is -1.94. The molecule has 0 radical (unpaired) electrons. The molecule has 1 aliphatic heterocycles. The largest absolute Gasteiger partial charge is 0.459 e. The predicted octanol–water partition coefficient (Wildman–Crippen LogP) is 2.36. The first-order valence-electron chi connectivity index (χ1n) is 4.22. The monoisotopic (exact) mass is 209 g/mol. The van der Waals surface area contributed by atoms with Crippen LogP contribution in [0.3, 0.4) is 0 Å². The van der Waals surface area contributed by atoms with Crippen molar-refractivity contribution >= 4 is 29.0 Å². The van der Waals surface area contributed by atoms with Crippen molar-refractivity contribution in [2.24, 2.45) is 4.99 Å². The van der Waals surface area contributed by atoms with Crippen molar-refractivity contribution in [1.82, 2.24) is 0 Å². The molecule has 0 bridgehead atoms. The van der Waals surface area contributed by atoms with Crippen LogP contribution in [0.25, 0.3) is 0 Å². The van der Waals surface area contributed by atoms with Crippen LogP contribution in [-0.2, 0) is 9.53 Å². The normalized spacial score (nSPS) is 18.6. The topological polar surface area (TPSA) is 38.7 Å². The van der Waals surface area contributed by atoms with Crippen molar-refractivity contribution in [3.63, 3.8) is 0 Å². The van der Waals surface area contributed by atoms with E-state index in [1.807, 2.05) is 0 Å². The fourth-order valence-corrected chi connectivity index (χ4v) is 1.33. The summed E-state index contributed by atoms with van der Waals surface area (Å²) in [7, 11) is 0. The van der Waals surface area contributed by atoms with Gasteiger partial charge in [-0.1, -0.05) is 11.6 Å². The van der Waals surface area contributed by atoms with Crippen LogP contribution in [0.4, 0.5) is 5.69 Å². The van der Waals surface area contributed by atoms with Gasteiger partial charge < -0.3 is 4.74 Å². The van der Waals surface area contributed by atoms with E-state index in [-0.39, 0.29) is 5.97 Å². The van der Waals surface area contributed by atoms with Gasteiger partial charge in [-0.25, -0.2) is 0 Å². The van der Waals surface area contributed by atoms with Gasteiger partial charge in [0.15, 0.2) is 0 Å². The number of hydrogen-bond acceptors (Lipinski definition) is 3. The van der Waals surface area contributed by atoms with E-state index in [9.17, 15) is 4.79 Å². The lowest BCUT2D eigenvalue weighted by Gasteiger charge is -1.95. The number of cyclic esters (lactones) is 1. The molecule has 1 saturated heterocycles. The molecule has 0 amide bonds. The number of esters is 1. The van der Waals surface area contributed by atoms with E-state index in [0.717, 1.165) is 11.4 Å². The van der Waals surface area contributed by atoms with E-state index in [0.29, 0.717) is 18.1 Å². The molecule has 1 aromatic rings. The van der Waals surface area contributed by atoms with E-state index in [1.165, 1.54) is 0 Å². The second-order valence-corrected chi connectivity index (χ2v) is 3.43. The average Bonchev–Trinajstić information content (AvgIpc) is 2.56. The number of carbonyl (C=O) groups is 1. The summed E-state index contributed by atoms with van der Waals surface area (Å²) in [6.45, 7) is 0.307. The van der Waals surface area contributed by atoms with Crippen molar-refractivity contribution in [3.05, 3.63) is 29.3 Å². The van der Waals surface area contributed by atoms with Crippen LogP contribution >= 0.6 is 11.6 Å². The van der Waals surface area contributed by atoms with Crippen molar-refractivity contribution in [1.29, 1.82) is 0 Å². The van der Waals surface area contributed by atoms with Crippen LogP contribution in [0.5, 0.6) is 0 Å². The van der Waals surface area contributed by atoms with Crippen molar-refractivity contribution in [2.45, 2.75) is 6.42 Å². The highest BCUT2D eigenvalue weighted by Gasteiger charge is 2.17. The van der Waals surface area contributed by atoms with E-state index in [2.05, 4.69) is 4.99 Å². The Balaban J connectivity index is 2.17.